The number of aliphatic hydroxyl groups excluding tert-OH is 1. The van der Waals surface area contributed by atoms with E-state index in [9.17, 15) is 5.11 Å². The first-order valence-electron chi connectivity index (χ1n) is 8.61. The first-order chi connectivity index (χ1) is 10.4. The third-order valence-corrected chi connectivity index (χ3v) is 4.94. The van der Waals surface area contributed by atoms with Crippen molar-refractivity contribution in [3.8, 4) is 0 Å². The second kappa shape index (κ2) is 7.12. The van der Waals surface area contributed by atoms with Crippen molar-refractivity contribution in [2.45, 2.75) is 69.9 Å². The number of rotatable bonds is 5. The molecule has 124 valence electrons. The molecule has 0 spiro atoms. The second-order valence-corrected chi connectivity index (χ2v) is 7.74. The highest BCUT2D eigenvalue weighted by Gasteiger charge is 2.34. The smallest absolute Gasteiger partial charge is 0.0786 e. The zero-order valence-electron chi connectivity index (χ0n) is 14.4. The van der Waals surface area contributed by atoms with Gasteiger partial charge in [0.1, 0.15) is 0 Å². The molecule has 3 heteroatoms. The van der Waals surface area contributed by atoms with Crippen LogP contribution >= 0.6 is 0 Å². The molecule has 1 atom stereocenters. The summed E-state index contributed by atoms with van der Waals surface area (Å²) in [6, 6.07) is 8.98. The van der Waals surface area contributed by atoms with Gasteiger partial charge in [-0.25, -0.2) is 0 Å². The molecule has 0 amide bonds. The molecule has 1 aliphatic carbocycles. The predicted molar refractivity (Wildman–Crippen MR) is 93.0 cm³/mol. The van der Waals surface area contributed by atoms with Gasteiger partial charge in [0, 0.05) is 18.6 Å². The fourth-order valence-electron chi connectivity index (χ4n) is 3.40. The molecule has 1 saturated carbocycles. The number of nitrogens with one attached hydrogen (secondary N) is 1. The molecular weight excluding hydrogens is 272 g/mol. The zero-order chi connectivity index (χ0) is 16.2. The molecule has 3 nitrogen and oxygen atoms in total. The maximum atomic E-state index is 9.85. The topological polar surface area (TPSA) is 58.3 Å². The van der Waals surface area contributed by atoms with Crippen LogP contribution in [0.1, 0.15) is 64.0 Å². The van der Waals surface area contributed by atoms with E-state index in [4.69, 9.17) is 5.73 Å². The average molecular weight is 304 g/mol. The third kappa shape index (κ3) is 4.09. The standard InChI is InChI=1S/C19H32N2O/c1-18(2,3)15-8-7-9-16(12-15)19(10-5-4-6-11-19)21-14-17(22)13-20/h7-9,12,17,21-22H,4-6,10-11,13-14,20H2,1-3H3/t17-/m0/s1. The van der Waals surface area contributed by atoms with Crippen LogP contribution in [0.2, 0.25) is 0 Å². The van der Waals surface area contributed by atoms with Crippen molar-refractivity contribution in [2.75, 3.05) is 13.1 Å². The molecule has 1 fully saturated rings. The van der Waals surface area contributed by atoms with E-state index >= 15 is 0 Å². The molecule has 0 aliphatic heterocycles. The number of hydrogen-bond donors (Lipinski definition) is 3. The van der Waals surface area contributed by atoms with Gasteiger partial charge in [0.25, 0.3) is 0 Å². The van der Waals surface area contributed by atoms with E-state index in [2.05, 4.69) is 50.4 Å². The Balaban J connectivity index is 2.29. The van der Waals surface area contributed by atoms with E-state index < -0.39 is 6.10 Å². The molecule has 0 bridgehead atoms. The van der Waals surface area contributed by atoms with Crippen molar-refractivity contribution in [2.24, 2.45) is 5.73 Å². The molecule has 1 aromatic rings. The maximum absolute atomic E-state index is 9.85. The molecule has 22 heavy (non-hydrogen) atoms. The van der Waals surface area contributed by atoms with Crippen LogP contribution in [0.3, 0.4) is 0 Å². The van der Waals surface area contributed by atoms with Crippen molar-refractivity contribution in [1.82, 2.24) is 5.32 Å². The summed E-state index contributed by atoms with van der Waals surface area (Å²) >= 11 is 0. The van der Waals surface area contributed by atoms with Gasteiger partial charge in [-0.1, -0.05) is 64.3 Å². The minimum atomic E-state index is -0.468. The van der Waals surface area contributed by atoms with Crippen LogP contribution in [0.15, 0.2) is 24.3 Å². The Morgan fingerprint density at radius 2 is 1.91 bits per heavy atom. The van der Waals surface area contributed by atoms with Crippen LogP contribution in [0.25, 0.3) is 0 Å². The van der Waals surface area contributed by atoms with Gasteiger partial charge in [-0.2, -0.15) is 0 Å². The number of nitrogens with two attached hydrogens (primary N) is 1. The van der Waals surface area contributed by atoms with Crippen molar-refractivity contribution >= 4 is 0 Å². The molecule has 1 aliphatic rings. The lowest BCUT2D eigenvalue weighted by Gasteiger charge is -2.40. The third-order valence-electron chi connectivity index (χ3n) is 4.94. The summed E-state index contributed by atoms with van der Waals surface area (Å²) in [5.74, 6) is 0. The van der Waals surface area contributed by atoms with E-state index in [1.165, 1.54) is 30.4 Å². The van der Waals surface area contributed by atoms with E-state index in [1.807, 2.05) is 0 Å². The molecule has 2 rings (SSSR count). The Hall–Kier alpha value is -0.900. The first-order valence-corrected chi connectivity index (χ1v) is 8.61. The van der Waals surface area contributed by atoms with Gasteiger partial charge in [0.15, 0.2) is 0 Å². The van der Waals surface area contributed by atoms with Gasteiger partial charge in [0.05, 0.1) is 6.10 Å². The molecular formula is C19H32N2O. The summed E-state index contributed by atoms with van der Waals surface area (Å²) in [7, 11) is 0. The fourth-order valence-corrected chi connectivity index (χ4v) is 3.40. The summed E-state index contributed by atoms with van der Waals surface area (Å²) in [6.45, 7) is 7.64. The first kappa shape index (κ1) is 17.5. The van der Waals surface area contributed by atoms with Crippen LogP contribution in [-0.2, 0) is 11.0 Å². The summed E-state index contributed by atoms with van der Waals surface area (Å²) in [4.78, 5) is 0. The van der Waals surface area contributed by atoms with Crippen molar-refractivity contribution < 1.29 is 5.11 Å². The monoisotopic (exact) mass is 304 g/mol. The van der Waals surface area contributed by atoms with Gasteiger partial charge in [-0.05, 0) is 29.4 Å². The predicted octanol–water partition coefficient (Wildman–Crippen LogP) is 3.05. The van der Waals surface area contributed by atoms with Crippen molar-refractivity contribution in [3.63, 3.8) is 0 Å². The van der Waals surface area contributed by atoms with Crippen molar-refractivity contribution in [1.29, 1.82) is 0 Å². The maximum Gasteiger partial charge on any atom is 0.0786 e. The average Bonchev–Trinajstić information content (AvgIpc) is 2.53. The van der Waals surface area contributed by atoms with Crippen LogP contribution < -0.4 is 11.1 Å². The van der Waals surface area contributed by atoms with Gasteiger partial charge in [-0.3, -0.25) is 0 Å². The SMILES string of the molecule is CC(C)(C)c1cccc(C2(NC[C@@H](O)CN)CCCCC2)c1. The highest BCUT2D eigenvalue weighted by Crippen LogP contribution is 2.38. The van der Waals surface area contributed by atoms with Crippen LogP contribution in [0, 0.1) is 0 Å². The Bertz CT molecular complexity index is 473. The van der Waals surface area contributed by atoms with Crippen LogP contribution in [0.5, 0.6) is 0 Å². The number of aliphatic hydroxyl groups is 1. The van der Waals surface area contributed by atoms with Gasteiger partial charge < -0.3 is 16.2 Å². The Labute approximate surface area is 135 Å². The summed E-state index contributed by atoms with van der Waals surface area (Å²) in [5, 5.41) is 13.5. The van der Waals surface area contributed by atoms with Crippen LogP contribution in [-0.4, -0.2) is 24.3 Å². The molecule has 0 saturated heterocycles. The van der Waals surface area contributed by atoms with E-state index in [1.54, 1.807) is 0 Å². The second-order valence-electron chi connectivity index (χ2n) is 7.74. The Kier molecular flexibility index (Phi) is 5.65. The van der Waals surface area contributed by atoms with E-state index in [0.717, 1.165) is 12.8 Å². The minimum Gasteiger partial charge on any atom is -0.390 e. The molecule has 4 N–H and O–H groups in total. The van der Waals surface area contributed by atoms with Gasteiger partial charge in [-0.15, -0.1) is 0 Å². The zero-order valence-corrected chi connectivity index (χ0v) is 14.4. The lowest BCUT2D eigenvalue weighted by molar-refractivity contribution is 0.144. The summed E-state index contributed by atoms with van der Waals surface area (Å²) < 4.78 is 0. The highest BCUT2D eigenvalue weighted by molar-refractivity contribution is 5.33. The molecule has 1 aromatic carbocycles. The molecule has 0 aromatic heterocycles. The highest BCUT2D eigenvalue weighted by atomic mass is 16.3. The van der Waals surface area contributed by atoms with E-state index in [0.29, 0.717) is 13.1 Å². The van der Waals surface area contributed by atoms with Crippen molar-refractivity contribution in [3.05, 3.63) is 35.4 Å². The molecule has 0 unspecified atom stereocenters. The Morgan fingerprint density at radius 1 is 1.23 bits per heavy atom. The lowest BCUT2D eigenvalue weighted by Crippen LogP contribution is -2.48. The molecule has 0 radical (unpaired) electrons. The minimum absolute atomic E-state index is 0.00431. The lowest BCUT2D eigenvalue weighted by atomic mass is 9.74. The van der Waals surface area contributed by atoms with Crippen LogP contribution in [0.4, 0.5) is 0 Å². The number of hydrogen-bond acceptors (Lipinski definition) is 3. The fraction of sp³-hybridized carbons (Fsp3) is 0.684. The summed E-state index contributed by atoms with van der Waals surface area (Å²) in [6.07, 6.45) is 5.60. The van der Waals surface area contributed by atoms with E-state index in [-0.39, 0.29) is 11.0 Å². The van der Waals surface area contributed by atoms with Gasteiger partial charge in [0.2, 0.25) is 0 Å². The Morgan fingerprint density at radius 3 is 2.50 bits per heavy atom. The normalized spacial score (nSPS) is 19.9. The number of benzene rings is 1. The summed E-state index contributed by atoms with van der Waals surface area (Å²) in [5.41, 5.74) is 8.45. The van der Waals surface area contributed by atoms with Gasteiger partial charge >= 0.3 is 0 Å². The molecule has 0 heterocycles. The largest absolute Gasteiger partial charge is 0.390 e. The quantitative estimate of drug-likeness (QED) is 0.783.